The van der Waals surface area contributed by atoms with Gasteiger partial charge in [0.1, 0.15) is 12.2 Å². The van der Waals surface area contributed by atoms with Gasteiger partial charge < -0.3 is 15.4 Å². The van der Waals surface area contributed by atoms with Gasteiger partial charge >= 0.3 is 5.97 Å². The minimum absolute atomic E-state index is 0.0711. The zero-order valence-corrected chi connectivity index (χ0v) is 22.0. The maximum Gasteiger partial charge on any atom is 0.325 e. The molecule has 3 N–H and O–H groups in total. The highest BCUT2D eigenvalue weighted by Gasteiger charge is 2.20. The first-order valence-corrected chi connectivity index (χ1v) is 13.4. The van der Waals surface area contributed by atoms with Crippen LogP contribution >= 0.6 is 0 Å². The first-order chi connectivity index (χ1) is 18.7. The lowest BCUT2D eigenvalue weighted by Gasteiger charge is -2.10. The van der Waals surface area contributed by atoms with Crippen molar-refractivity contribution in [2.24, 2.45) is 0 Å². The molecular weight excluding hydrogens is 524 g/mol. The summed E-state index contributed by atoms with van der Waals surface area (Å²) < 4.78 is 32.0. The first-order valence-electron chi connectivity index (χ1n) is 12.0. The van der Waals surface area contributed by atoms with Crippen molar-refractivity contribution >= 4 is 33.7 Å². The van der Waals surface area contributed by atoms with Crippen LogP contribution in [-0.2, 0) is 37.2 Å². The second-order valence-electron chi connectivity index (χ2n) is 8.36. The molecule has 11 nitrogen and oxygen atoms in total. The Hall–Kier alpha value is -4.58. The maximum atomic E-state index is 12.8. The van der Waals surface area contributed by atoms with Crippen LogP contribution in [0.15, 0.2) is 77.8 Å². The van der Waals surface area contributed by atoms with Crippen LogP contribution in [0, 0.1) is 0 Å². The van der Waals surface area contributed by atoms with Crippen molar-refractivity contribution in [1.29, 1.82) is 0 Å². The van der Waals surface area contributed by atoms with Gasteiger partial charge in [-0.15, -0.1) is 0 Å². The average Bonchev–Trinajstić information content (AvgIpc) is 2.95. The molecular formula is C27H28N4O7S. The number of hydrogen-bond acceptors (Lipinski definition) is 8. The highest BCUT2D eigenvalue weighted by atomic mass is 32.2. The van der Waals surface area contributed by atoms with Gasteiger partial charge in [-0.05, 0) is 48.2 Å². The smallest absolute Gasteiger partial charge is 0.325 e. The molecule has 204 valence electrons. The summed E-state index contributed by atoms with van der Waals surface area (Å²) in [6.07, 6.45) is 2.42. The number of esters is 1. The predicted octanol–water partition coefficient (Wildman–Crippen LogP) is 1.39. The third-order valence-electron chi connectivity index (χ3n) is 5.53. The van der Waals surface area contributed by atoms with E-state index in [1.165, 1.54) is 31.4 Å². The van der Waals surface area contributed by atoms with Gasteiger partial charge in [-0.2, -0.15) is 0 Å². The minimum atomic E-state index is -4.20. The van der Waals surface area contributed by atoms with E-state index in [9.17, 15) is 27.6 Å². The summed E-state index contributed by atoms with van der Waals surface area (Å²) >= 11 is 0. The van der Waals surface area contributed by atoms with E-state index < -0.39 is 27.8 Å². The van der Waals surface area contributed by atoms with Crippen LogP contribution in [0.5, 0.6) is 0 Å². The van der Waals surface area contributed by atoms with Gasteiger partial charge in [0.15, 0.2) is 0 Å². The standard InChI is InChI=1S/C27H28N4O7S/c1-38-25(33)18-30-27(35)23-12-11-21(17-29-23)26(34)31-39(36,37)22-9-5-8-20(16-22)14-15-28-24(32)13-10-19-6-3-2-4-7-19/h2-9,11-12,16-17H,10,13-15,18H2,1H3,(H,28,32)(H,30,35)(H,31,34). The second-order valence-corrected chi connectivity index (χ2v) is 10.0. The summed E-state index contributed by atoms with van der Waals surface area (Å²) in [6, 6.07) is 18.2. The fraction of sp³-hybridized carbons (Fsp3) is 0.222. The fourth-order valence-corrected chi connectivity index (χ4v) is 4.47. The summed E-state index contributed by atoms with van der Waals surface area (Å²) in [7, 11) is -3.02. The van der Waals surface area contributed by atoms with E-state index in [0.29, 0.717) is 31.4 Å². The van der Waals surface area contributed by atoms with E-state index in [4.69, 9.17) is 0 Å². The van der Waals surface area contributed by atoms with Crippen molar-refractivity contribution in [2.75, 3.05) is 20.2 Å². The van der Waals surface area contributed by atoms with E-state index in [-0.39, 0.29) is 28.6 Å². The van der Waals surface area contributed by atoms with Gasteiger partial charge in [0.05, 0.1) is 17.6 Å². The summed E-state index contributed by atoms with van der Waals surface area (Å²) in [4.78, 5) is 51.5. The molecule has 3 amide bonds. The molecule has 0 aliphatic rings. The van der Waals surface area contributed by atoms with Gasteiger partial charge in [-0.3, -0.25) is 24.2 Å². The van der Waals surface area contributed by atoms with E-state index >= 15 is 0 Å². The Morgan fingerprint density at radius 1 is 0.846 bits per heavy atom. The molecule has 0 atom stereocenters. The Labute approximate surface area is 226 Å². The molecule has 39 heavy (non-hydrogen) atoms. The Morgan fingerprint density at radius 2 is 1.59 bits per heavy atom. The molecule has 0 unspecified atom stereocenters. The Balaban J connectivity index is 1.52. The van der Waals surface area contributed by atoms with Gasteiger partial charge in [0, 0.05) is 19.2 Å². The lowest BCUT2D eigenvalue weighted by molar-refractivity contribution is -0.139. The van der Waals surface area contributed by atoms with Crippen molar-refractivity contribution in [3.63, 3.8) is 0 Å². The number of aromatic nitrogens is 1. The van der Waals surface area contributed by atoms with Gasteiger partial charge in [-0.25, -0.2) is 13.1 Å². The Morgan fingerprint density at radius 3 is 2.28 bits per heavy atom. The lowest BCUT2D eigenvalue weighted by Crippen LogP contribution is -2.32. The monoisotopic (exact) mass is 552 g/mol. The summed E-state index contributed by atoms with van der Waals surface area (Å²) in [5.74, 6) is -2.34. The molecule has 2 aromatic carbocycles. The predicted molar refractivity (Wildman–Crippen MR) is 141 cm³/mol. The van der Waals surface area contributed by atoms with Crippen LogP contribution in [0.25, 0.3) is 0 Å². The van der Waals surface area contributed by atoms with Crippen LogP contribution in [0.4, 0.5) is 0 Å². The highest BCUT2D eigenvalue weighted by Crippen LogP contribution is 2.13. The number of carbonyl (C=O) groups excluding carboxylic acids is 4. The number of hydrogen-bond donors (Lipinski definition) is 3. The van der Waals surface area contributed by atoms with E-state index in [1.807, 2.05) is 35.1 Å². The molecule has 0 spiro atoms. The molecule has 0 aliphatic heterocycles. The zero-order chi connectivity index (χ0) is 28.3. The molecule has 3 aromatic rings. The molecule has 0 bridgehead atoms. The SMILES string of the molecule is COC(=O)CNC(=O)c1ccc(C(=O)NS(=O)(=O)c2cccc(CCNC(=O)CCc3ccccc3)c2)cn1. The number of methoxy groups -OCH3 is 1. The van der Waals surface area contributed by atoms with Crippen molar-refractivity contribution < 1.29 is 32.3 Å². The van der Waals surface area contributed by atoms with E-state index in [1.54, 1.807) is 12.1 Å². The third-order valence-corrected chi connectivity index (χ3v) is 6.86. The molecule has 0 saturated heterocycles. The molecule has 12 heteroatoms. The number of benzene rings is 2. The number of pyridine rings is 1. The Bertz CT molecular complexity index is 1430. The number of aryl methyl sites for hydroxylation is 1. The summed E-state index contributed by atoms with van der Waals surface area (Å²) in [6.45, 7) is -0.0219. The number of sulfonamides is 1. The van der Waals surface area contributed by atoms with Gasteiger partial charge in [-0.1, -0.05) is 42.5 Å². The number of amides is 3. The molecule has 1 heterocycles. The Kier molecular flexibility index (Phi) is 10.3. The summed E-state index contributed by atoms with van der Waals surface area (Å²) in [5.41, 5.74) is 1.58. The second kappa shape index (κ2) is 13.8. The molecule has 0 aliphatic carbocycles. The number of carbonyl (C=O) groups is 4. The van der Waals surface area contributed by atoms with Gasteiger partial charge in [0.25, 0.3) is 21.8 Å². The number of ether oxygens (including phenoxy) is 1. The van der Waals surface area contributed by atoms with Crippen LogP contribution in [0.2, 0.25) is 0 Å². The molecule has 0 radical (unpaired) electrons. The normalized spacial score (nSPS) is 10.8. The van der Waals surface area contributed by atoms with Crippen molar-refractivity contribution in [1.82, 2.24) is 20.3 Å². The van der Waals surface area contributed by atoms with Crippen LogP contribution < -0.4 is 15.4 Å². The highest BCUT2D eigenvalue weighted by molar-refractivity contribution is 7.90. The van der Waals surface area contributed by atoms with Gasteiger partial charge in [0.2, 0.25) is 5.91 Å². The largest absolute Gasteiger partial charge is 0.468 e. The van der Waals surface area contributed by atoms with E-state index in [2.05, 4.69) is 20.4 Å². The van der Waals surface area contributed by atoms with Crippen LogP contribution in [-0.4, -0.2) is 57.3 Å². The van der Waals surface area contributed by atoms with Crippen molar-refractivity contribution in [3.8, 4) is 0 Å². The number of rotatable bonds is 12. The van der Waals surface area contributed by atoms with Crippen molar-refractivity contribution in [2.45, 2.75) is 24.2 Å². The maximum absolute atomic E-state index is 12.8. The first kappa shape index (κ1) is 29.0. The topological polar surface area (TPSA) is 161 Å². The molecule has 1 aromatic heterocycles. The van der Waals surface area contributed by atoms with Crippen LogP contribution in [0.3, 0.4) is 0 Å². The fourth-order valence-electron chi connectivity index (χ4n) is 3.42. The minimum Gasteiger partial charge on any atom is -0.468 e. The average molecular weight is 553 g/mol. The molecule has 0 fully saturated rings. The van der Waals surface area contributed by atoms with Crippen LogP contribution in [0.1, 0.15) is 38.4 Å². The lowest BCUT2D eigenvalue weighted by atomic mass is 10.1. The molecule has 3 rings (SSSR count). The quantitative estimate of drug-likeness (QED) is 0.284. The van der Waals surface area contributed by atoms with Crippen molar-refractivity contribution in [3.05, 3.63) is 95.3 Å². The molecule has 0 saturated carbocycles. The third kappa shape index (κ3) is 9.04. The summed E-state index contributed by atoms with van der Waals surface area (Å²) in [5, 5.41) is 5.13. The van der Waals surface area contributed by atoms with E-state index in [0.717, 1.165) is 11.8 Å². The number of nitrogens with one attached hydrogen (secondary N) is 3. The zero-order valence-electron chi connectivity index (χ0n) is 21.2. The number of nitrogens with zero attached hydrogens (tertiary/aromatic N) is 1.